The molecule has 1 aliphatic rings. The summed E-state index contributed by atoms with van der Waals surface area (Å²) in [6, 6.07) is 16.9. The van der Waals surface area contributed by atoms with Crippen molar-refractivity contribution in [1.82, 2.24) is 10.2 Å². The van der Waals surface area contributed by atoms with Crippen LogP contribution in [0.25, 0.3) is 10.8 Å². The molecule has 1 fully saturated rings. The maximum Gasteiger partial charge on any atom is 0.408 e. The number of anilines is 1. The maximum atomic E-state index is 14.2. The van der Waals surface area contributed by atoms with E-state index in [-0.39, 0.29) is 11.9 Å². The number of amides is 3. The molecule has 3 aromatic carbocycles. The van der Waals surface area contributed by atoms with Crippen molar-refractivity contribution in [1.29, 1.82) is 0 Å². The van der Waals surface area contributed by atoms with Gasteiger partial charge in [0.15, 0.2) is 0 Å². The van der Waals surface area contributed by atoms with Crippen LogP contribution < -0.4 is 10.6 Å². The Labute approximate surface area is 235 Å². The van der Waals surface area contributed by atoms with Crippen LogP contribution in [0, 0.1) is 13.8 Å². The summed E-state index contributed by atoms with van der Waals surface area (Å²) in [5.74, 6) is -0.888. The molecule has 3 aromatic rings. The smallest absolute Gasteiger partial charge is 0.408 e. The number of fused-ring (bicyclic) bond motifs is 1. The van der Waals surface area contributed by atoms with Crippen molar-refractivity contribution in [3.05, 3.63) is 77.4 Å². The highest BCUT2D eigenvalue weighted by Gasteiger charge is 2.42. The van der Waals surface area contributed by atoms with Gasteiger partial charge in [-0.05, 0) is 93.5 Å². The zero-order valence-electron chi connectivity index (χ0n) is 23.9. The SMILES string of the molecule is Cc1cccc(C)c1C(C(=O)Nc1ccc2ccccc2c1)N(C(=O)C(CO)NC(=O)OC(C)(C)C)C1CCC1. The summed E-state index contributed by atoms with van der Waals surface area (Å²) in [5.41, 5.74) is 2.32. The molecule has 2 unspecified atom stereocenters. The average molecular weight is 546 g/mol. The van der Waals surface area contributed by atoms with Crippen molar-refractivity contribution in [2.75, 3.05) is 11.9 Å². The number of aliphatic hydroxyl groups excluding tert-OH is 1. The quantitative estimate of drug-likeness (QED) is 0.351. The van der Waals surface area contributed by atoms with E-state index in [1.54, 1.807) is 25.7 Å². The van der Waals surface area contributed by atoms with Crippen molar-refractivity contribution in [2.45, 2.75) is 77.6 Å². The second kappa shape index (κ2) is 12.1. The highest BCUT2D eigenvalue weighted by molar-refractivity contribution is 6.01. The number of hydrogen-bond donors (Lipinski definition) is 3. The third-order valence-electron chi connectivity index (χ3n) is 7.25. The maximum absolute atomic E-state index is 14.2. The lowest BCUT2D eigenvalue weighted by molar-refractivity contribution is -0.146. The summed E-state index contributed by atoms with van der Waals surface area (Å²) in [7, 11) is 0. The summed E-state index contributed by atoms with van der Waals surface area (Å²) in [5, 5.41) is 17.8. The Morgan fingerprint density at radius 1 is 0.975 bits per heavy atom. The van der Waals surface area contributed by atoms with Gasteiger partial charge in [0.05, 0.1) is 6.61 Å². The van der Waals surface area contributed by atoms with Gasteiger partial charge in [-0.15, -0.1) is 0 Å². The van der Waals surface area contributed by atoms with Gasteiger partial charge in [0.25, 0.3) is 5.91 Å². The lowest BCUT2D eigenvalue weighted by atomic mass is 9.86. The molecule has 8 nitrogen and oxygen atoms in total. The Morgan fingerprint density at radius 2 is 1.62 bits per heavy atom. The molecule has 0 heterocycles. The number of nitrogens with zero attached hydrogens (tertiary/aromatic N) is 1. The molecule has 0 spiro atoms. The minimum Gasteiger partial charge on any atom is -0.444 e. The van der Waals surface area contributed by atoms with E-state index in [2.05, 4.69) is 10.6 Å². The Kier molecular flexibility index (Phi) is 8.79. The molecular weight excluding hydrogens is 506 g/mol. The minimum atomic E-state index is -1.27. The summed E-state index contributed by atoms with van der Waals surface area (Å²) in [6.45, 7) is 8.37. The predicted molar refractivity (Wildman–Crippen MR) is 156 cm³/mol. The fourth-order valence-electron chi connectivity index (χ4n) is 5.13. The second-order valence-corrected chi connectivity index (χ2v) is 11.5. The van der Waals surface area contributed by atoms with E-state index in [1.165, 1.54) is 0 Å². The van der Waals surface area contributed by atoms with Gasteiger partial charge in [-0.1, -0.05) is 48.5 Å². The summed E-state index contributed by atoms with van der Waals surface area (Å²) in [4.78, 5) is 42.4. The van der Waals surface area contributed by atoms with Gasteiger partial charge in [0.1, 0.15) is 17.7 Å². The van der Waals surface area contributed by atoms with Crippen LogP contribution >= 0.6 is 0 Å². The second-order valence-electron chi connectivity index (χ2n) is 11.5. The highest BCUT2D eigenvalue weighted by atomic mass is 16.6. The number of aryl methyl sites for hydroxylation is 2. The fraction of sp³-hybridized carbons (Fsp3) is 0.406. The summed E-state index contributed by atoms with van der Waals surface area (Å²) >= 11 is 0. The van der Waals surface area contributed by atoms with Crippen molar-refractivity contribution in [3.8, 4) is 0 Å². The lowest BCUT2D eigenvalue weighted by Gasteiger charge is -2.44. The summed E-state index contributed by atoms with van der Waals surface area (Å²) < 4.78 is 5.33. The number of nitrogens with one attached hydrogen (secondary N) is 2. The van der Waals surface area contributed by atoms with E-state index in [1.807, 2.05) is 74.5 Å². The monoisotopic (exact) mass is 545 g/mol. The molecule has 0 bridgehead atoms. The van der Waals surface area contributed by atoms with Gasteiger partial charge in [-0.25, -0.2) is 4.79 Å². The topological polar surface area (TPSA) is 108 Å². The Bertz CT molecular complexity index is 1370. The van der Waals surface area contributed by atoms with Crippen molar-refractivity contribution < 1.29 is 24.2 Å². The zero-order chi connectivity index (χ0) is 29.0. The third-order valence-corrected chi connectivity index (χ3v) is 7.25. The molecular formula is C32H39N3O5. The normalized spacial score (nSPS) is 15.1. The van der Waals surface area contributed by atoms with Gasteiger partial charge >= 0.3 is 6.09 Å². The molecule has 1 saturated carbocycles. The molecule has 4 rings (SSSR count). The van der Waals surface area contributed by atoms with Crippen molar-refractivity contribution >= 4 is 34.4 Å². The molecule has 0 aromatic heterocycles. The molecule has 0 saturated heterocycles. The van der Waals surface area contributed by atoms with E-state index >= 15 is 0 Å². The lowest BCUT2D eigenvalue weighted by Crippen LogP contribution is -2.58. The molecule has 3 amide bonds. The number of carbonyl (C=O) groups is 3. The largest absolute Gasteiger partial charge is 0.444 e. The van der Waals surface area contributed by atoms with Crippen molar-refractivity contribution in [3.63, 3.8) is 0 Å². The van der Waals surface area contributed by atoms with Crippen LogP contribution in [0.2, 0.25) is 0 Å². The zero-order valence-corrected chi connectivity index (χ0v) is 23.9. The minimum absolute atomic E-state index is 0.214. The first-order valence-corrected chi connectivity index (χ1v) is 13.8. The number of alkyl carbamates (subject to hydrolysis) is 1. The van der Waals surface area contributed by atoms with Crippen LogP contribution in [0.4, 0.5) is 10.5 Å². The van der Waals surface area contributed by atoms with Crippen LogP contribution in [0.15, 0.2) is 60.7 Å². The number of benzene rings is 3. The third kappa shape index (κ3) is 6.62. The molecule has 8 heteroatoms. The van der Waals surface area contributed by atoms with Crippen LogP contribution in [0.1, 0.15) is 62.8 Å². The Hall–Kier alpha value is -3.91. The van der Waals surface area contributed by atoms with Gasteiger partial charge < -0.3 is 25.4 Å². The van der Waals surface area contributed by atoms with Gasteiger partial charge in [-0.3, -0.25) is 9.59 Å². The van der Waals surface area contributed by atoms with E-state index in [0.29, 0.717) is 5.69 Å². The van der Waals surface area contributed by atoms with E-state index in [0.717, 1.165) is 46.7 Å². The van der Waals surface area contributed by atoms with Gasteiger partial charge in [-0.2, -0.15) is 0 Å². The standard InChI is InChI=1S/C32H39N3O5/c1-20-10-8-11-21(2)27(20)28(29(37)33-24-17-16-22-12-6-7-13-23(22)18-24)35(25-14-9-15-25)30(38)26(19-36)34-31(39)40-32(3,4)5/h6-8,10-13,16-18,25-26,28,36H,9,14-15,19H2,1-5H3,(H,33,37)(H,34,39). The molecule has 212 valence electrons. The first-order valence-electron chi connectivity index (χ1n) is 13.8. The van der Waals surface area contributed by atoms with Crippen LogP contribution in [-0.4, -0.2) is 52.2 Å². The molecule has 0 aliphatic heterocycles. The Balaban J connectivity index is 1.73. The fourth-order valence-corrected chi connectivity index (χ4v) is 5.13. The number of carbonyl (C=O) groups excluding carboxylic acids is 3. The van der Waals surface area contributed by atoms with Gasteiger partial charge in [0, 0.05) is 11.7 Å². The summed E-state index contributed by atoms with van der Waals surface area (Å²) in [6.07, 6.45) is 1.56. The van der Waals surface area contributed by atoms with Crippen LogP contribution in [-0.2, 0) is 14.3 Å². The van der Waals surface area contributed by atoms with Crippen LogP contribution in [0.5, 0.6) is 0 Å². The van der Waals surface area contributed by atoms with Crippen LogP contribution in [0.3, 0.4) is 0 Å². The number of ether oxygens (including phenoxy) is 1. The number of aliphatic hydroxyl groups is 1. The first kappa shape index (κ1) is 29.1. The highest BCUT2D eigenvalue weighted by Crippen LogP contribution is 2.37. The van der Waals surface area contributed by atoms with Crippen molar-refractivity contribution in [2.24, 2.45) is 0 Å². The molecule has 1 aliphatic carbocycles. The average Bonchev–Trinajstić information content (AvgIpc) is 2.85. The molecule has 40 heavy (non-hydrogen) atoms. The van der Waals surface area contributed by atoms with E-state index < -0.39 is 36.3 Å². The van der Waals surface area contributed by atoms with E-state index in [4.69, 9.17) is 4.74 Å². The Morgan fingerprint density at radius 3 is 2.20 bits per heavy atom. The van der Waals surface area contributed by atoms with E-state index in [9.17, 15) is 19.5 Å². The first-order chi connectivity index (χ1) is 19.0. The molecule has 3 N–H and O–H groups in total. The number of hydrogen-bond acceptors (Lipinski definition) is 5. The number of rotatable bonds is 8. The predicted octanol–water partition coefficient (Wildman–Crippen LogP) is 5.40. The molecule has 2 atom stereocenters. The van der Waals surface area contributed by atoms with Gasteiger partial charge in [0.2, 0.25) is 5.91 Å². The molecule has 0 radical (unpaired) electrons.